The first-order valence-electron chi connectivity index (χ1n) is 10.1. The minimum absolute atomic E-state index is 0.108. The predicted octanol–water partition coefficient (Wildman–Crippen LogP) is 2.69. The first-order chi connectivity index (χ1) is 13.8. The third-order valence-corrected chi connectivity index (χ3v) is 5.12. The average Bonchev–Trinajstić information content (AvgIpc) is 3.44. The van der Waals surface area contributed by atoms with Crippen molar-refractivity contribution in [1.82, 2.24) is 15.4 Å². The maximum Gasteiger partial charge on any atom is 0.194 e. The molecule has 3 heterocycles. The van der Waals surface area contributed by atoms with Crippen LogP contribution in [-0.2, 0) is 16.0 Å². The van der Waals surface area contributed by atoms with Gasteiger partial charge in [-0.15, -0.1) is 0 Å². The fourth-order valence-electron chi connectivity index (χ4n) is 3.70. The second-order valence-corrected chi connectivity index (χ2v) is 7.13. The summed E-state index contributed by atoms with van der Waals surface area (Å²) in [4.78, 5) is 7.05. The summed E-state index contributed by atoms with van der Waals surface area (Å²) >= 11 is 0. The number of hydrogen-bond donors (Lipinski definition) is 1. The molecule has 7 nitrogen and oxygen atoms in total. The Morgan fingerprint density at radius 1 is 1.21 bits per heavy atom. The average molecular weight is 384 g/mol. The molecule has 0 aliphatic carbocycles. The lowest BCUT2D eigenvalue weighted by Gasteiger charge is -2.37. The standard InChI is InChI=1S/C21H28N4O3/c1-2-22-21(25-10-12-27-20(15-25)18-9-6-11-26-18)23-14-17-13-19(28-24-17)16-7-4-3-5-8-16/h3-5,7-8,13,18,20H,2,6,9-12,14-15H2,1H3,(H,22,23). The van der Waals surface area contributed by atoms with Crippen LogP contribution < -0.4 is 5.32 Å². The number of benzene rings is 1. The number of aromatic nitrogens is 1. The third kappa shape index (κ3) is 4.54. The molecule has 2 saturated heterocycles. The number of nitrogens with zero attached hydrogens (tertiary/aromatic N) is 3. The Hall–Kier alpha value is -2.38. The summed E-state index contributed by atoms with van der Waals surface area (Å²) in [6, 6.07) is 11.9. The molecule has 0 saturated carbocycles. The summed E-state index contributed by atoms with van der Waals surface area (Å²) in [7, 11) is 0. The van der Waals surface area contributed by atoms with Gasteiger partial charge in [0, 0.05) is 37.9 Å². The van der Waals surface area contributed by atoms with Gasteiger partial charge in [0.2, 0.25) is 0 Å². The van der Waals surface area contributed by atoms with Crippen LogP contribution in [0.2, 0.25) is 0 Å². The SMILES string of the molecule is CCNC(=NCc1cc(-c2ccccc2)on1)N1CCOC(C2CCCO2)C1. The zero-order chi connectivity index (χ0) is 19.2. The molecular weight excluding hydrogens is 356 g/mol. The first-order valence-corrected chi connectivity index (χ1v) is 10.1. The highest BCUT2D eigenvalue weighted by Gasteiger charge is 2.32. The van der Waals surface area contributed by atoms with Gasteiger partial charge in [0.15, 0.2) is 11.7 Å². The molecule has 2 aliphatic heterocycles. The number of morpholine rings is 1. The fourth-order valence-corrected chi connectivity index (χ4v) is 3.70. The highest BCUT2D eigenvalue weighted by atomic mass is 16.5. The summed E-state index contributed by atoms with van der Waals surface area (Å²) in [5.41, 5.74) is 1.84. The summed E-state index contributed by atoms with van der Waals surface area (Å²) in [6.45, 7) is 6.52. The summed E-state index contributed by atoms with van der Waals surface area (Å²) < 4.78 is 17.3. The zero-order valence-corrected chi connectivity index (χ0v) is 16.3. The lowest BCUT2D eigenvalue weighted by atomic mass is 10.1. The van der Waals surface area contributed by atoms with Crippen molar-refractivity contribution in [2.75, 3.05) is 32.8 Å². The monoisotopic (exact) mass is 384 g/mol. The molecule has 0 radical (unpaired) electrons. The summed E-state index contributed by atoms with van der Waals surface area (Å²) in [5.74, 6) is 1.65. The van der Waals surface area contributed by atoms with Gasteiger partial charge in [-0.2, -0.15) is 0 Å². The van der Waals surface area contributed by atoms with E-state index in [-0.39, 0.29) is 12.2 Å². The number of ether oxygens (including phenoxy) is 2. The third-order valence-electron chi connectivity index (χ3n) is 5.12. The van der Waals surface area contributed by atoms with Crippen LogP contribution in [0.4, 0.5) is 0 Å². The zero-order valence-electron chi connectivity index (χ0n) is 16.3. The van der Waals surface area contributed by atoms with Crippen molar-refractivity contribution in [3.63, 3.8) is 0 Å². The number of guanidine groups is 1. The van der Waals surface area contributed by atoms with Gasteiger partial charge in [0.05, 0.1) is 19.3 Å². The lowest BCUT2D eigenvalue weighted by Crippen LogP contribution is -2.53. The molecule has 1 aromatic carbocycles. The molecule has 28 heavy (non-hydrogen) atoms. The topological polar surface area (TPSA) is 72.1 Å². The lowest BCUT2D eigenvalue weighted by molar-refractivity contribution is -0.0817. The quantitative estimate of drug-likeness (QED) is 0.631. The van der Waals surface area contributed by atoms with Crippen molar-refractivity contribution in [3.8, 4) is 11.3 Å². The van der Waals surface area contributed by atoms with Crippen LogP contribution in [0.3, 0.4) is 0 Å². The van der Waals surface area contributed by atoms with E-state index >= 15 is 0 Å². The Bertz CT molecular complexity index is 771. The van der Waals surface area contributed by atoms with Crippen LogP contribution >= 0.6 is 0 Å². The molecule has 1 N–H and O–H groups in total. The molecule has 0 amide bonds. The minimum atomic E-state index is 0.108. The van der Waals surface area contributed by atoms with Crippen molar-refractivity contribution in [2.45, 2.75) is 38.5 Å². The van der Waals surface area contributed by atoms with Gasteiger partial charge in [-0.1, -0.05) is 35.5 Å². The van der Waals surface area contributed by atoms with E-state index in [1.54, 1.807) is 0 Å². The van der Waals surface area contributed by atoms with Gasteiger partial charge in [-0.05, 0) is 19.8 Å². The number of rotatable bonds is 5. The Morgan fingerprint density at radius 2 is 2.07 bits per heavy atom. The molecule has 2 fully saturated rings. The van der Waals surface area contributed by atoms with Crippen LogP contribution in [0.25, 0.3) is 11.3 Å². The van der Waals surface area contributed by atoms with Crippen molar-refractivity contribution in [2.24, 2.45) is 4.99 Å². The summed E-state index contributed by atoms with van der Waals surface area (Å²) in [6.07, 6.45) is 2.51. The van der Waals surface area contributed by atoms with E-state index in [1.165, 1.54) is 0 Å². The highest BCUT2D eigenvalue weighted by molar-refractivity contribution is 5.80. The molecule has 2 atom stereocenters. The van der Waals surface area contributed by atoms with Crippen LogP contribution in [0.5, 0.6) is 0 Å². The van der Waals surface area contributed by atoms with Crippen molar-refractivity contribution in [1.29, 1.82) is 0 Å². The Kier molecular flexibility index (Phi) is 6.24. The molecule has 0 spiro atoms. The van der Waals surface area contributed by atoms with Crippen molar-refractivity contribution >= 4 is 5.96 Å². The number of nitrogens with one attached hydrogen (secondary N) is 1. The van der Waals surface area contributed by atoms with Crippen LogP contribution in [0, 0.1) is 0 Å². The van der Waals surface area contributed by atoms with Gasteiger partial charge in [-0.3, -0.25) is 0 Å². The second-order valence-electron chi connectivity index (χ2n) is 7.13. The molecule has 0 bridgehead atoms. The number of hydrogen-bond acceptors (Lipinski definition) is 5. The van der Waals surface area contributed by atoms with Gasteiger partial charge in [-0.25, -0.2) is 4.99 Å². The molecule has 2 aromatic rings. The Labute approximate surface area is 165 Å². The smallest absolute Gasteiger partial charge is 0.194 e. The molecule has 4 rings (SSSR count). The van der Waals surface area contributed by atoms with Gasteiger partial charge < -0.3 is 24.2 Å². The van der Waals surface area contributed by atoms with Crippen LogP contribution in [-0.4, -0.2) is 61.1 Å². The predicted molar refractivity (Wildman–Crippen MR) is 107 cm³/mol. The van der Waals surface area contributed by atoms with Gasteiger partial charge >= 0.3 is 0 Å². The van der Waals surface area contributed by atoms with E-state index in [9.17, 15) is 0 Å². The first kappa shape index (κ1) is 19.0. The molecule has 150 valence electrons. The van der Waals surface area contributed by atoms with Crippen molar-refractivity contribution in [3.05, 3.63) is 42.1 Å². The van der Waals surface area contributed by atoms with E-state index in [1.807, 2.05) is 36.4 Å². The molecule has 7 heteroatoms. The van der Waals surface area contributed by atoms with Gasteiger partial charge in [0.25, 0.3) is 0 Å². The summed E-state index contributed by atoms with van der Waals surface area (Å²) in [5, 5.41) is 7.57. The van der Waals surface area contributed by atoms with Crippen LogP contribution in [0.1, 0.15) is 25.5 Å². The van der Waals surface area contributed by atoms with E-state index in [2.05, 4.69) is 22.3 Å². The Balaban J connectivity index is 1.42. The van der Waals surface area contributed by atoms with E-state index in [0.29, 0.717) is 13.2 Å². The molecule has 2 aliphatic rings. The van der Waals surface area contributed by atoms with Crippen LogP contribution in [0.15, 0.2) is 45.9 Å². The van der Waals surface area contributed by atoms with Gasteiger partial charge in [0.1, 0.15) is 11.8 Å². The van der Waals surface area contributed by atoms with E-state index < -0.39 is 0 Å². The molecule has 1 aromatic heterocycles. The maximum absolute atomic E-state index is 5.96. The normalized spacial score (nSPS) is 23.2. The van der Waals surface area contributed by atoms with E-state index in [4.69, 9.17) is 19.0 Å². The molecule has 2 unspecified atom stereocenters. The molecular formula is C21H28N4O3. The second kappa shape index (κ2) is 9.21. The van der Waals surface area contributed by atoms with Crippen molar-refractivity contribution < 1.29 is 14.0 Å². The maximum atomic E-state index is 5.96. The Morgan fingerprint density at radius 3 is 2.86 bits per heavy atom. The fraction of sp³-hybridized carbons (Fsp3) is 0.524. The number of aliphatic imine (C=N–C) groups is 1. The largest absolute Gasteiger partial charge is 0.375 e. The van der Waals surface area contributed by atoms with E-state index in [0.717, 1.165) is 62.1 Å². The highest BCUT2D eigenvalue weighted by Crippen LogP contribution is 2.22. The minimum Gasteiger partial charge on any atom is -0.375 e.